The summed E-state index contributed by atoms with van der Waals surface area (Å²) < 4.78 is 31.9. The van der Waals surface area contributed by atoms with E-state index in [4.69, 9.17) is 4.74 Å². The van der Waals surface area contributed by atoms with Gasteiger partial charge in [0.05, 0.1) is 5.25 Å². The minimum atomic E-state index is -3.31. The third-order valence-corrected chi connectivity index (χ3v) is 4.94. The average Bonchev–Trinajstić information content (AvgIpc) is 2.52. The molecule has 0 aliphatic heterocycles. The largest absolute Gasteiger partial charge is 0.473 e. The Labute approximate surface area is 131 Å². The molecule has 0 aliphatic carbocycles. The van der Waals surface area contributed by atoms with Crippen LogP contribution in [-0.4, -0.2) is 18.7 Å². The van der Waals surface area contributed by atoms with Gasteiger partial charge >= 0.3 is 0 Å². The van der Waals surface area contributed by atoms with Gasteiger partial charge < -0.3 is 4.74 Å². The quantitative estimate of drug-likeness (QED) is 0.851. The van der Waals surface area contributed by atoms with Crippen LogP contribution in [0, 0.1) is 0 Å². The summed E-state index contributed by atoms with van der Waals surface area (Å²) >= 11 is 0. The molecule has 0 atom stereocenters. The lowest BCUT2D eigenvalue weighted by molar-refractivity contribution is 0.290. The van der Waals surface area contributed by atoms with Gasteiger partial charge in [-0.25, -0.2) is 18.1 Å². The fraction of sp³-hybridized carbons (Fsp3) is 0.312. The summed E-state index contributed by atoms with van der Waals surface area (Å²) in [5.74, 6) is 0.442. The highest BCUT2D eigenvalue weighted by atomic mass is 32.2. The lowest BCUT2D eigenvalue weighted by atomic mass is 10.2. The molecule has 2 rings (SSSR count). The number of ether oxygens (including phenoxy) is 1. The van der Waals surface area contributed by atoms with Gasteiger partial charge in [-0.2, -0.15) is 0 Å². The fourth-order valence-corrected chi connectivity index (χ4v) is 2.45. The van der Waals surface area contributed by atoms with Crippen LogP contribution in [0.5, 0.6) is 5.88 Å². The Hall–Kier alpha value is -1.92. The van der Waals surface area contributed by atoms with E-state index in [1.165, 1.54) is 0 Å². The molecular weight excluding hydrogens is 300 g/mol. The van der Waals surface area contributed by atoms with Gasteiger partial charge in [-0.1, -0.05) is 36.4 Å². The lowest BCUT2D eigenvalue weighted by Gasteiger charge is -2.12. The smallest absolute Gasteiger partial charge is 0.218 e. The Morgan fingerprint density at radius 2 is 1.86 bits per heavy atom. The molecule has 1 aromatic heterocycles. The van der Waals surface area contributed by atoms with Crippen molar-refractivity contribution in [2.45, 2.75) is 32.2 Å². The second-order valence-electron chi connectivity index (χ2n) is 5.16. The standard InChI is InChI=1S/C16H20N2O3S/c1-13(2)22(19,20)18-11-15-9-6-10-17-16(15)21-12-14-7-4-3-5-8-14/h3-10,13,18H,11-12H2,1-2H3. The Bertz CT molecular complexity index is 700. The first kappa shape index (κ1) is 16.5. The van der Waals surface area contributed by atoms with Gasteiger partial charge in [0.2, 0.25) is 15.9 Å². The van der Waals surface area contributed by atoms with Gasteiger partial charge in [0, 0.05) is 18.3 Å². The van der Waals surface area contributed by atoms with E-state index in [0.717, 1.165) is 5.56 Å². The van der Waals surface area contributed by atoms with Crippen LogP contribution in [0.25, 0.3) is 0 Å². The first-order chi connectivity index (χ1) is 10.5. The van der Waals surface area contributed by atoms with Gasteiger partial charge in [0.15, 0.2) is 0 Å². The summed E-state index contributed by atoms with van der Waals surface area (Å²) in [6, 6.07) is 13.3. The number of sulfonamides is 1. The van der Waals surface area contributed by atoms with Crippen molar-refractivity contribution in [1.82, 2.24) is 9.71 Å². The molecule has 0 radical (unpaired) electrons. The molecule has 2 aromatic rings. The number of aromatic nitrogens is 1. The summed E-state index contributed by atoms with van der Waals surface area (Å²) in [4.78, 5) is 4.18. The number of nitrogens with zero attached hydrogens (tertiary/aromatic N) is 1. The second kappa shape index (κ2) is 7.38. The monoisotopic (exact) mass is 320 g/mol. The van der Waals surface area contributed by atoms with Crippen LogP contribution in [0.1, 0.15) is 25.0 Å². The van der Waals surface area contributed by atoms with Crippen LogP contribution in [0.15, 0.2) is 48.7 Å². The van der Waals surface area contributed by atoms with E-state index in [9.17, 15) is 8.42 Å². The molecule has 118 valence electrons. The first-order valence-electron chi connectivity index (χ1n) is 7.08. The zero-order valence-corrected chi connectivity index (χ0v) is 13.5. The molecule has 1 N–H and O–H groups in total. The minimum absolute atomic E-state index is 0.165. The predicted octanol–water partition coefficient (Wildman–Crippen LogP) is 2.49. The number of benzene rings is 1. The highest BCUT2D eigenvalue weighted by Gasteiger charge is 2.16. The molecule has 0 saturated carbocycles. The first-order valence-corrected chi connectivity index (χ1v) is 8.63. The van der Waals surface area contributed by atoms with Crippen molar-refractivity contribution < 1.29 is 13.2 Å². The van der Waals surface area contributed by atoms with E-state index in [0.29, 0.717) is 18.1 Å². The Kier molecular flexibility index (Phi) is 5.51. The van der Waals surface area contributed by atoms with E-state index in [1.807, 2.05) is 30.3 Å². The number of pyridine rings is 1. The van der Waals surface area contributed by atoms with Crippen LogP contribution in [0.4, 0.5) is 0 Å². The summed E-state index contributed by atoms with van der Waals surface area (Å²) in [6.45, 7) is 3.83. The van der Waals surface area contributed by atoms with Crippen molar-refractivity contribution in [1.29, 1.82) is 0 Å². The SMILES string of the molecule is CC(C)S(=O)(=O)NCc1cccnc1OCc1ccccc1. The van der Waals surface area contributed by atoms with Crippen molar-refractivity contribution in [2.24, 2.45) is 0 Å². The molecule has 22 heavy (non-hydrogen) atoms. The normalized spacial score (nSPS) is 11.6. The van der Waals surface area contributed by atoms with Crippen LogP contribution in [-0.2, 0) is 23.2 Å². The third-order valence-electron chi connectivity index (χ3n) is 3.15. The highest BCUT2D eigenvalue weighted by molar-refractivity contribution is 7.90. The third kappa shape index (κ3) is 4.54. The molecule has 1 heterocycles. The Balaban J connectivity index is 2.04. The molecule has 0 saturated heterocycles. The van der Waals surface area contributed by atoms with E-state index in [1.54, 1.807) is 32.2 Å². The molecule has 0 spiro atoms. The van der Waals surface area contributed by atoms with Gasteiger partial charge in [0.1, 0.15) is 6.61 Å². The van der Waals surface area contributed by atoms with Crippen molar-refractivity contribution in [3.05, 3.63) is 59.8 Å². The highest BCUT2D eigenvalue weighted by Crippen LogP contribution is 2.16. The topological polar surface area (TPSA) is 68.3 Å². The predicted molar refractivity (Wildman–Crippen MR) is 85.9 cm³/mol. The molecule has 6 heteroatoms. The van der Waals surface area contributed by atoms with Crippen LogP contribution in [0.3, 0.4) is 0 Å². The number of nitrogens with one attached hydrogen (secondary N) is 1. The maximum absolute atomic E-state index is 11.8. The number of hydrogen-bond acceptors (Lipinski definition) is 4. The number of hydrogen-bond donors (Lipinski definition) is 1. The summed E-state index contributed by atoms with van der Waals surface area (Å²) in [5.41, 5.74) is 1.74. The van der Waals surface area contributed by atoms with Crippen molar-refractivity contribution in [2.75, 3.05) is 0 Å². The Morgan fingerprint density at radius 1 is 1.14 bits per heavy atom. The maximum atomic E-state index is 11.8. The van der Waals surface area contributed by atoms with Crippen molar-refractivity contribution in [3.8, 4) is 5.88 Å². The molecule has 0 amide bonds. The zero-order chi connectivity index (χ0) is 16.0. The van der Waals surface area contributed by atoms with Gasteiger partial charge in [-0.15, -0.1) is 0 Å². The zero-order valence-electron chi connectivity index (χ0n) is 12.7. The van der Waals surface area contributed by atoms with Gasteiger partial charge in [-0.05, 0) is 25.5 Å². The van der Waals surface area contributed by atoms with Gasteiger partial charge in [0.25, 0.3) is 0 Å². The van der Waals surface area contributed by atoms with E-state index >= 15 is 0 Å². The van der Waals surface area contributed by atoms with E-state index < -0.39 is 15.3 Å². The second-order valence-corrected chi connectivity index (χ2v) is 7.48. The molecule has 1 aromatic carbocycles. The van der Waals surface area contributed by atoms with Crippen LogP contribution < -0.4 is 9.46 Å². The van der Waals surface area contributed by atoms with Crippen LogP contribution >= 0.6 is 0 Å². The maximum Gasteiger partial charge on any atom is 0.218 e. The summed E-state index contributed by atoms with van der Waals surface area (Å²) in [6.07, 6.45) is 1.63. The molecule has 0 unspecified atom stereocenters. The molecular formula is C16H20N2O3S. The van der Waals surface area contributed by atoms with Crippen molar-refractivity contribution in [3.63, 3.8) is 0 Å². The molecule has 0 aliphatic rings. The lowest BCUT2D eigenvalue weighted by Crippen LogP contribution is -2.30. The Morgan fingerprint density at radius 3 is 2.55 bits per heavy atom. The van der Waals surface area contributed by atoms with E-state index in [-0.39, 0.29) is 6.54 Å². The summed E-state index contributed by atoms with van der Waals surface area (Å²) in [5, 5.41) is -0.474. The number of rotatable bonds is 7. The van der Waals surface area contributed by atoms with E-state index in [2.05, 4.69) is 9.71 Å². The van der Waals surface area contributed by atoms with Crippen molar-refractivity contribution >= 4 is 10.0 Å². The molecule has 0 fully saturated rings. The minimum Gasteiger partial charge on any atom is -0.473 e. The van der Waals surface area contributed by atoms with Crippen LogP contribution in [0.2, 0.25) is 0 Å². The molecule has 5 nitrogen and oxygen atoms in total. The fourth-order valence-electron chi connectivity index (χ4n) is 1.76. The average molecular weight is 320 g/mol. The molecule has 0 bridgehead atoms. The summed E-state index contributed by atoms with van der Waals surface area (Å²) in [7, 11) is -3.31. The van der Waals surface area contributed by atoms with Gasteiger partial charge in [-0.3, -0.25) is 0 Å².